The van der Waals surface area contributed by atoms with Gasteiger partial charge in [-0.1, -0.05) is 12.1 Å². The molecule has 0 radical (unpaired) electrons. The van der Waals surface area contributed by atoms with E-state index < -0.39 is 15.8 Å². The first-order chi connectivity index (χ1) is 11.0. The molecule has 2 heterocycles. The van der Waals surface area contributed by atoms with Crippen LogP contribution in [0.3, 0.4) is 0 Å². The van der Waals surface area contributed by atoms with E-state index >= 15 is 0 Å². The molecule has 0 bridgehead atoms. The molecule has 2 aromatic rings. The molecule has 1 aromatic heterocycles. The maximum absolute atomic E-state index is 13.0. The zero-order valence-corrected chi connectivity index (χ0v) is 13.6. The van der Waals surface area contributed by atoms with Crippen molar-refractivity contribution in [3.8, 4) is 0 Å². The van der Waals surface area contributed by atoms with E-state index in [0.717, 1.165) is 25.0 Å². The lowest BCUT2D eigenvalue weighted by Gasteiger charge is -2.30. The zero-order chi connectivity index (χ0) is 16.4. The fraction of sp³-hybridized carbons (Fsp3) is 0.467. The van der Waals surface area contributed by atoms with Crippen LogP contribution in [0.5, 0.6) is 0 Å². The van der Waals surface area contributed by atoms with Gasteiger partial charge in [0.15, 0.2) is 5.82 Å². The van der Waals surface area contributed by atoms with E-state index in [2.05, 4.69) is 10.1 Å². The summed E-state index contributed by atoms with van der Waals surface area (Å²) in [6.07, 6.45) is 2.19. The van der Waals surface area contributed by atoms with Crippen LogP contribution in [-0.4, -0.2) is 36.0 Å². The second-order valence-electron chi connectivity index (χ2n) is 5.56. The van der Waals surface area contributed by atoms with E-state index in [1.165, 1.54) is 16.4 Å². The molecule has 1 aromatic carbocycles. The molecular formula is C15H18FN3O3S. The first kappa shape index (κ1) is 16.1. The summed E-state index contributed by atoms with van der Waals surface area (Å²) in [6.45, 7) is 2.67. The maximum atomic E-state index is 13.0. The molecule has 1 aliphatic heterocycles. The summed E-state index contributed by atoms with van der Waals surface area (Å²) in [5.74, 6) is 0.571. The fourth-order valence-corrected chi connectivity index (χ4v) is 4.23. The van der Waals surface area contributed by atoms with Crippen LogP contribution in [0.2, 0.25) is 0 Å². The van der Waals surface area contributed by atoms with Crippen LogP contribution < -0.4 is 0 Å². The van der Waals surface area contributed by atoms with Gasteiger partial charge >= 0.3 is 0 Å². The number of hydrogen-bond acceptors (Lipinski definition) is 5. The number of halogens is 1. The van der Waals surface area contributed by atoms with E-state index in [4.69, 9.17) is 4.52 Å². The zero-order valence-electron chi connectivity index (χ0n) is 12.8. The second kappa shape index (κ2) is 6.37. The molecule has 1 unspecified atom stereocenters. The van der Waals surface area contributed by atoms with Crippen molar-refractivity contribution < 1.29 is 17.3 Å². The second-order valence-corrected chi connectivity index (χ2v) is 7.49. The third kappa shape index (κ3) is 3.28. The number of rotatable bonds is 4. The van der Waals surface area contributed by atoms with Gasteiger partial charge in [-0.15, -0.1) is 0 Å². The van der Waals surface area contributed by atoms with Crippen LogP contribution in [-0.2, 0) is 16.4 Å². The molecule has 3 rings (SSSR count). The highest BCUT2D eigenvalue weighted by molar-refractivity contribution is 7.89. The Hall–Kier alpha value is -1.80. The van der Waals surface area contributed by atoms with E-state index in [0.29, 0.717) is 31.2 Å². The molecule has 23 heavy (non-hydrogen) atoms. The Bertz CT molecular complexity index is 774. The Balaban J connectivity index is 1.81. The molecule has 1 fully saturated rings. The highest BCUT2D eigenvalue weighted by Gasteiger charge is 2.32. The predicted octanol–water partition coefficient (Wildman–Crippen LogP) is 2.34. The summed E-state index contributed by atoms with van der Waals surface area (Å²) in [7, 11) is -3.64. The Morgan fingerprint density at radius 1 is 1.35 bits per heavy atom. The molecule has 1 aliphatic rings. The number of aromatic nitrogens is 2. The van der Waals surface area contributed by atoms with Crippen LogP contribution in [0, 0.1) is 5.82 Å². The highest BCUT2D eigenvalue weighted by atomic mass is 32.2. The molecule has 8 heteroatoms. The van der Waals surface area contributed by atoms with Crippen molar-refractivity contribution in [2.45, 2.75) is 37.0 Å². The minimum absolute atomic E-state index is 0.0805. The summed E-state index contributed by atoms with van der Waals surface area (Å²) in [5.41, 5.74) is 0. The molecular weight excluding hydrogens is 321 g/mol. The van der Waals surface area contributed by atoms with Gasteiger partial charge in [-0.05, 0) is 37.1 Å². The van der Waals surface area contributed by atoms with Gasteiger partial charge < -0.3 is 4.52 Å². The summed E-state index contributed by atoms with van der Waals surface area (Å²) in [6, 6.07) is 4.89. The Morgan fingerprint density at radius 2 is 2.09 bits per heavy atom. The van der Waals surface area contributed by atoms with Gasteiger partial charge in [-0.3, -0.25) is 0 Å². The first-order valence-electron chi connectivity index (χ1n) is 7.59. The number of aryl methyl sites for hydroxylation is 1. The van der Waals surface area contributed by atoms with Gasteiger partial charge in [0.2, 0.25) is 15.9 Å². The topological polar surface area (TPSA) is 76.3 Å². The standard InChI is InChI=1S/C15H18FN3O3S/c1-2-14-17-15(18-22-14)11-4-3-9-19(10-11)23(20,21)13-7-5-12(16)6-8-13/h5-8,11H,2-4,9-10H2,1H3. The third-order valence-corrected chi connectivity index (χ3v) is 5.87. The summed E-state index contributed by atoms with van der Waals surface area (Å²) < 4.78 is 44.9. The Labute approximate surface area is 134 Å². The van der Waals surface area contributed by atoms with Gasteiger partial charge in [-0.2, -0.15) is 9.29 Å². The van der Waals surface area contributed by atoms with Gasteiger partial charge in [0.05, 0.1) is 4.90 Å². The Morgan fingerprint density at radius 3 is 2.74 bits per heavy atom. The quantitative estimate of drug-likeness (QED) is 0.854. The first-order valence-corrected chi connectivity index (χ1v) is 9.03. The van der Waals surface area contributed by atoms with Crippen molar-refractivity contribution in [2.75, 3.05) is 13.1 Å². The lowest BCUT2D eigenvalue weighted by molar-refractivity contribution is 0.300. The predicted molar refractivity (Wildman–Crippen MR) is 80.8 cm³/mol. The van der Waals surface area contributed by atoms with Crippen LogP contribution in [0.4, 0.5) is 4.39 Å². The SMILES string of the molecule is CCc1nc(C2CCCN(S(=O)(=O)c3ccc(F)cc3)C2)no1. The molecule has 6 nitrogen and oxygen atoms in total. The minimum Gasteiger partial charge on any atom is -0.339 e. The smallest absolute Gasteiger partial charge is 0.243 e. The number of nitrogens with zero attached hydrogens (tertiary/aromatic N) is 3. The van der Waals surface area contributed by atoms with Crippen LogP contribution in [0.25, 0.3) is 0 Å². The average Bonchev–Trinajstić information content (AvgIpc) is 3.04. The van der Waals surface area contributed by atoms with Crippen LogP contribution >= 0.6 is 0 Å². The molecule has 124 valence electrons. The van der Waals surface area contributed by atoms with Gasteiger partial charge in [0.25, 0.3) is 0 Å². The number of benzene rings is 1. The fourth-order valence-electron chi connectivity index (χ4n) is 2.70. The van der Waals surface area contributed by atoms with Crippen LogP contribution in [0.15, 0.2) is 33.7 Å². The largest absolute Gasteiger partial charge is 0.339 e. The summed E-state index contributed by atoms with van der Waals surface area (Å²) >= 11 is 0. The van der Waals surface area contributed by atoms with Gasteiger partial charge in [0, 0.05) is 25.4 Å². The van der Waals surface area contributed by atoms with Crippen molar-refractivity contribution in [1.82, 2.24) is 14.4 Å². The van der Waals surface area contributed by atoms with E-state index in [1.807, 2.05) is 6.92 Å². The molecule has 1 atom stereocenters. The van der Waals surface area contributed by atoms with Gasteiger partial charge in [0.1, 0.15) is 5.82 Å². The molecule has 0 aliphatic carbocycles. The summed E-state index contributed by atoms with van der Waals surface area (Å²) in [4.78, 5) is 4.40. The van der Waals surface area contributed by atoms with Crippen molar-refractivity contribution in [1.29, 1.82) is 0 Å². The normalized spacial score (nSPS) is 19.8. The minimum atomic E-state index is -3.64. The van der Waals surface area contributed by atoms with Crippen molar-refractivity contribution >= 4 is 10.0 Å². The van der Waals surface area contributed by atoms with Gasteiger partial charge in [-0.25, -0.2) is 12.8 Å². The molecule has 0 spiro atoms. The lowest BCUT2D eigenvalue weighted by atomic mass is 9.99. The molecule has 0 saturated carbocycles. The van der Waals surface area contributed by atoms with Crippen molar-refractivity contribution in [2.24, 2.45) is 0 Å². The molecule has 0 amide bonds. The van der Waals surface area contributed by atoms with E-state index in [9.17, 15) is 12.8 Å². The average molecular weight is 339 g/mol. The number of hydrogen-bond donors (Lipinski definition) is 0. The van der Waals surface area contributed by atoms with E-state index in [-0.39, 0.29) is 10.8 Å². The Kier molecular flexibility index (Phi) is 4.45. The monoisotopic (exact) mass is 339 g/mol. The summed E-state index contributed by atoms with van der Waals surface area (Å²) in [5, 5.41) is 3.95. The molecule has 1 saturated heterocycles. The third-order valence-electron chi connectivity index (χ3n) is 3.99. The van der Waals surface area contributed by atoms with Crippen molar-refractivity contribution in [3.63, 3.8) is 0 Å². The van der Waals surface area contributed by atoms with E-state index in [1.54, 1.807) is 0 Å². The highest BCUT2D eigenvalue weighted by Crippen LogP contribution is 2.29. The number of sulfonamides is 1. The lowest BCUT2D eigenvalue weighted by Crippen LogP contribution is -2.39. The van der Waals surface area contributed by atoms with Crippen molar-refractivity contribution in [3.05, 3.63) is 41.8 Å². The van der Waals surface area contributed by atoms with Crippen LogP contribution in [0.1, 0.15) is 37.4 Å². The number of piperidine rings is 1. The maximum Gasteiger partial charge on any atom is 0.243 e. The molecule has 0 N–H and O–H groups in total.